The highest BCUT2D eigenvalue weighted by atomic mass is 32.2. The summed E-state index contributed by atoms with van der Waals surface area (Å²) in [4.78, 5) is -0.747. The Balaban J connectivity index is 3.44. The lowest BCUT2D eigenvalue weighted by Gasteiger charge is -2.13. The van der Waals surface area contributed by atoms with Crippen molar-refractivity contribution >= 4 is 26.3 Å². The molecular formula is C11H14O6S2. The molecule has 19 heavy (non-hydrogen) atoms. The van der Waals surface area contributed by atoms with Crippen molar-refractivity contribution in [1.29, 1.82) is 0 Å². The minimum Gasteiger partial charge on any atom is -0.285 e. The van der Waals surface area contributed by atoms with Crippen molar-refractivity contribution < 1.29 is 25.9 Å². The number of hydrogen-bond acceptors (Lipinski definition) is 4. The number of rotatable bonds is 5. The van der Waals surface area contributed by atoms with Crippen LogP contribution >= 0.6 is 0 Å². The minimum absolute atomic E-state index is 0.183. The average molecular weight is 306 g/mol. The summed E-state index contributed by atoms with van der Waals surface area (Å²) in [7, 11) is -9.36. The van der Waals surface area contributed by atoms with Gasteiger partial charge in [-0.3, -0.25) is 9.11 Å². The van der Waals surface area contributed by atoms with Crippen molar-refractivity contribution in [1.82, 2.24) is 0 Å². The molecule has 0 fully saturated rings. The fourth-order valence-electron chi connectivity index (χ4n) is 1.61. The van der Waals surface area contributed by atoms with Gasteiger partial charge in [0.1, 0.15) is 5.25 Å². The number of hydrogen-bond donors (Lipinski definition) is 2. The quantitative estimate of drug-likeness (QED) is 0.799. The van der Waals surface area contributed by atoms with Crippen LogP contribution in [0.2, 0.25) is 0 Å². The first-order chi connectivity index (χ1) is 8.66. The van der Waals surface area contributed by atoms with Crippen LogP contribution in [0.3, 0.4) is 0 Å². The van der Waals surface area contributed by atoms with Crippen molar-refractivity contribution in [3.8, 4) is 0 Å². The molecule has 1 unspecified atom stereocenters. The van der Waals surface area contributed by atoms with Gasteiger partial charge in [0.25, 0.3) is 20.2 Å². The molecule has 1 rings (SSSR count). The van der Waals surface area contributed by atoms with E-state index in [0.29, 0.717) is 5.56 Å². The zero-order valence-electron chi connectivity index (χ0n) is 10.1. The Bertz CT molecular complexity index is 658. The van der Waals surface area contributed by atoms with E-state index < -0.39 is 30.4 Å². The van der Waals surface area contributed by atoms with Gasteiger partial charge >= 0.3 is 0 Å². The molecule has 1 aromatic carbocycles. The van der Waals surface area contributed by atoms with Crippen LogP contribution in [0.25, 0.3) is 6.08 Å². The van der Waals surface area contributed by atoms with Crippen molar-refractivity contribution in [2.24, 2.45) is 0 Å². The SMILES string of the molecule is CCC(C(=Cc1ccccc1)S(=O)(=O)O)S(=O)(=O)O. The second-order valence-corrected chi connectivity index (χ2v) is 6.86. The third-order valence-corrected chi connectivity index (χ3v) is 4.91. The first kappa shape index (κ1) is 15.8. The molecule has 0 aliphatic heterocycles. The van der Waals surface area contributed by atoms with Gasteiger partial charge in [0.05, 0.1) is 4.91 Å². The van der Waals surface area contributed by atoms with E-state index in [1.165, 1.54) is 6.92 Å². The summed E-state index contributed by atoms with van der Waals surface area (Å²) >= 11 is 0. The zero-order chi connectivity index (χ0) is 14.7. The maximum Gasteiger partial charge on any atom is 0.292 e. The van der Waals surface area contributed by atoms with Gasteiger partial charge in [-0.05, 0) is 18.1 Å². The van der Waals surface area contributed by atoms with E-state index in [-0.39, 0.29) is 6.42 Å². The molecule has 0 saturated carbocycles. The van der Waals surface area contributed by atoms with Crippen molar-refractivity contribution in [3.63, 3.8) is 0 Å². The van der Waals surface area contributed by atoms with Gasteiger partial charge in [0.15, 0.2) is 0 Å². The fourth-order valence-corrected chi connectivity index (χ4v) is 3.90. The van der Waals surface area contributed by atoms with Crippen LogP contribution in [0.4, 0.5) is 0 Å². The lowest BCUT2D eigenvalue weighted by atomic mass is 10.2. The van der Waals surface area contributed by atoms with E-state index in [4.69, 9.17) is 9.11 Å². The van der Waals surface area contributed by atoms with E-state index in [1.54, 1.807) is 30.3 Å². The van der Waals surface area contributed by atoms with Crippen LogP contribution in [0.5, 0.6) is 0 Å². The molecule has 0 bridgehead atoms. The molecule has 0 amide bonds. The standard InChI is InChI=1S/C11H14O6S2/c1-2-10(18(12,13)14)11(19(15,16)17)8-9-6-4-3-5-7-9/h3-8,10H,2H2,1H3,(H,12,13,14)(H,15,16,17). The second-order valence-electron chi connectivity index (χ2n) is 3.84. The molecule has 1 aromatic rings. The van der Waals surface area contributed by atoms with Crippen LogP contribution in [0.1, 0.15) is 18.9 Å². The lowest BCUT2D eigenvalue weighted by molar-refractivity contribution is 0.464. The summed E-state index contributed by atoms with van der Waals surface area (Å²) in [6.45, 7) is 1.39. The molecule has 0 spiro atoms. The van der Waals surface area contributed by atoms with E-state index in [9.17, 15) is 16.8 Å². The molecule has 0 radical (unpaired) electrons. The van der Waals surface area contributed by atoms with Gasteiger partial charge in [-0.2, -0.15) is 16.8 Å². The normalized spacial score (nSPS) is 15.2. The predicted molar refractivity (Wildman–Crippen MR) is 71.6 cm³/mol. The average Bonchev–Trinajstić information content (AvgIpc) is 2.27. The summed E-state index contributed by atoms with van der Waals surface area (Å²) < 4.78 is 63.1. The Morgan fingerprint density at radius 3 is 2.05 bits per heavy atom. The highest BCUT2D eigenvalue weighted by Crippen LogP contribution is 2.22. The van der Waals surface area contributed by atoms with E-state index in [2.05, 4.69) is 0 Å². The molecule has 1 atom stereocenters. The second kappa shape index (κ2) is 5.83. The third-order valence-electron chi connectivity index (χ3n) is 2.45. The Labute approximate surface area is 112 Å². The van der Waals surface area contributed by atoms with E-state index in [1.807, 2.05) is 0 Å². The Hall–Kier alpha value is -1.22. The largest absolute Gasteiger partial charge is 0.292 e. The molecule has 0 aliphatic carbocycles. The minimum atomic E-state index is -4.74. The van der Waals surface area contributed by atoms with Gasteiger partial charge in [0, 0.05) is 0 Å². The molecule has 2 N–H and O–H groups in total. The van der Waals surface area contributed by atoms with Crippen molar-refractivity contribution in [2.75, 3.05) is 0 Å². The molecule has 106 valence electrons. The molecular weight excluding hydrogens is 292 g/mol. The summed E-state index contributed by atoms with van der Waals surface area (Å²) in [6.07, 6.45) is 0.842. The molecule has 0 aromatic heterocycles. The van der Waals surface area contributed by atoms with Crippen molar-refractivity contribution in [2.45, 2.75) is 18.6 Å². The van der Waals surface area contributed by atoms with Gasteiger partial charge in [-0.25, -0.2) is 0 Å². The first-order valence-electron chi connectivity index (χ1n) is 5.36. The van der Waals surface area contributed by atoms with Gasteiger partial charge in [0.2, 0.25) is 0 Å². The Morgan fingerprint density at radius 1 is 1.16 bits per heavy atom. The molecule has 0 saturated heterocycles. The van der Waals surface area contributed by atoms with Crippen LogP contribution in [-0.4, -0.2) is 31.2 Å². The smallest absolute Gasteiger partial charge is 0.285 e. The van der Waals surface area contributed by atoms with Crippen LogP contribution in [0.15, 0.2) is 35.2 Å². The summed E-state index contributed by atoms with van der Waals surface area (Å²) in [5.41, 5.74) is 0.400. The van der Waals surface area contributed by atoms with Crippen LogP contribution in [-0.2, 0) is 20.2 Å². The summed E-state index contributed by atoms with van der Waals surface area (Å²) in [6, 6.07) is 8.04. The fraction of sp³-hybridized carbons (Fsp3) is 0.273. The molecule has 6 nitrogen and oxygen atoms in total. The monoisotopic (exact) mass is 306 g/mol. The van der Waals surface area contributed by atoms with E-state index >= 15 is 0 Å². The molecule has 8 heteroatoms. The van der Waals surface area contributed by atoms with Crippen molar-refractivity contribution in [3.05, 3.63) is 40.8 Å². The first-order valence-corrected chi connectivity index (χ1v) is 8.31. The van der Waals surface area contributed by atoms with Gasteiger partial charge in [-0.15, -0.1) is 0 Å². The topological polar surface area (TPSA) is 109 Å². The predicted octanol–water partition coefficient (Wildman–Crippen LogP) is 1.58. The lowest BCUT2D eigenvalue weighted by Crippen LogP contribution is -2.26. The van der Waals surface area contributed by atoms with Crippen LogP contribution in [0, 0.1) is 0 Å². The molecule has 0 aliphatic rings. The maximum atomic E-state index is 11.3. The third kappa shape index (κ3) is 4.43. The summed E-state index contributed by atoms with van der Waals surface area (Å²) in [5, 5.41) is -1.69. The molecule has 0 heterocycles. The number of benzene rings is 1. The Morgan fingerprint density at radius 2 is 1.68 bits per heavy atom. The summed E-state index contributed by atoms with van der Waals surface area (Å²) in [5.74, 6) is 0. The van der Waals surface area contributed by atoms with Gasteiger partial charge < -0.3 is 0 Å². The maximum absolute atomic E-state index is 11.3. The highest BCUT2D eigenvalue weighted by Gasteiger charge is 2.32. The van der Waals surface area contributed by atoms with E-state index in [0.717, 1.165) is 6.08 Å². The highest BCUT2D eigenvalue weighted by molar-refractivity contribution is 7.93. The van der Waals surface area contributed by atoms with Crippen LogP contribution < -0.4 is 0 Å². The Kier molecular flexibility index (Phi) is 4.86. The zero-order valence-corrected chi connectivity index (χ0v) is 11.7. The van der Waals surface area contributed by atoms with Gasteiger partial charge in [-0.1, -0.05) is 37.3 Å².